The van der Waals surface area contributed by atoms with Crippen molar-refractivity contribution in [3.8, 4) is 0 Å². The van der Waals surface area contributed by atoms with Crippen LogP contribution < -0.4 is 10.9 Å². The summed E-state index contributed by atoms with van der Waals surface area (Å²) in [5.41, 5.74) is 1.48. The molecule has 4 nitrogen and oxygen atoms in total. The van der Waals surface area contributed by atoms with Crippen molar-refractivity contribution in [2.24, 2.45) is 0 Å². The molecule has 0 atom stereocenters. The first-order valence-electron chi connectivity index (χ1n) is 5.26. The average Bonchev–Trinajstić information content (AvgIpc) is 2.33. The highest BCUT2D eigenvalue weighted by atomic mass is 16.4. The standard InChI is InChI=1S/C12H12BNO3/c15-12-5-7-14(8-6-12)9-10-1-3-11(4-2-10)13(16)17/h1-8,16-17H,9H2. The Bertz CT molecular complexity index is 528. The molecule has 0 bridgehead atoms. The zero-order valence-electron chi connectivity index (χ0n) is 9.15. The van der Waals surface area contributed by atoms with E-state index in [1.54, 1.807) is 24.5 Å². The Kier molecular flexibility index (Phi) is 3.42. The highest BCUT2D eigenvalue weighted by Crippen LogP contribution is 2.00. The summed E-state index contributed by atoms with van der Waals surface area (Å²) in [6.45, 7) is 0.641. The van der Waals surface area contributed by atoms with Crippen LogP contribution in [0.15, 0.2) is 53.6 Å². The van der Waals surface area contributed by atoms with Crippen LogP contribution in [0.1, 0.15) is 5.56 Å². The maximum atomic E-state index is 10.9. The fourth-order valence-corrected chi connectivity index (χ4v) is 1.56. The van der Waals surface area contributed by atoms with Crippen LogP contribution in [0.4, 0.5) is 0 Å². The topological polar surface area (TPSA) is 62.5 Å². The predicted molar refractivity (Wildman–Crippen MR) is 66.1 cm³/mol. The van der Waals surface area contributed by atoms with Crippen LogP contribution in [0.25, 0.3) is 0 Å². The zero-order valence-corrected chi connectivity index (χ0v) is 9.15. The van der Waals surface area contributed by atoms with Gasteiger partial charge in [0, 0.05) is 31.1 Å². The third-order valence-electron chi connectivity index (χ3n) is 2.50. The zero-order chi connectivity index (χ0) is 12.3. The molecule has 86 valence electrons. The van der Waals surface area contributed by atoms with Crippen molar-refractivity contribution >= 4 is 12.6 Å². The lowest BCUT2D eigenvalue weighted by atomic mass is 9.80. The molecule has 0 aliphatic carbocycles. The van der Waals surface area contributed by atoms with Crippen LogP contribution in [-0.4, -0.2) is 21.7 Å². The first-order chi connectivity index (χ1) is 8.15. The van der Waals surface area contributed by atoms with Gasteiger partial charge >= 0.3 is 7.12 Å². The second kappa shape index (κ2) is 4.99. The van der Waals surface area contributed by atoms with Crippen LogP contribution in [0, 0.1) is 0 Å². The molecule has 0 aliphatic rings. The summed E-state index contributed by atoms with van der Waals surface area (Å²) < 4.78 is 1.88. The minimum atomic E-state index is -1.43. The van der Waals surface area contributed by atoms with Gasteiger partial charge in [-0.05, 0) is 11.0 Å². The van der Waals surface area contributed by atoms with Gasteiger partial charge in [0.15, 0.2) is 5.43 Å². The van der Waals surface area contributed by atoms with Gasteiger partial charge in [0.2, 0.25) is 0 Å². The SMILES string of the molecule is O=c1ccn(Cc2ccc(B(O)O)cc2)cc1. The second-order valence-corrected chi connectivity index (χ2v) is 3.82. The molecule has 5 heteroatoms. The van der Waals surface area contributed by atoms with E-state index in [2.05, 4.69) is 0 Å². The Morgan fingerprint density at radius 2 is 1.59 bits per heavy atom. The van der Waals surface area contributed by atoms with Gasteiger partial charge in [-0.1, -0.05) is 24.3 Å². The summed E-state index contributed by atoms with van der Waals surface area (Å²) in [6, 6.07) is 10.0. The van der Waals surface area contributed by atoms with Crippen molar-refractivity contribution in [3.05, 3.63) is 64.6 Å². The quantitative estimate of drug-likeness (QED) is 0.702. The van der Waals surface area contributed by atoms with E-state index in [0.717, 1.165) is 5.56 Å². The molecule has 1 aromatic heterocycles. The van der Waals surface area contributed by atoms with Crippen molar-refractivity contribution in [1.82, 2.24) is 4.57 Å². The second-order valence-electron chi connectivity index (χ2n) is 3.82. The third kappa shape index (κ3) is 3.06. The molecule has 0 radical (unpaired) electrons. The van der Waals surface area contributed by atoms with Gasteiger partial charge in [-0.3, -0.25) is 4.79 Å². The van der Waals surface area contributed by atoms with Gasteiger partial charge in [-0.2, -0.15) is 0 Å². The summed E-state index contributed by atoms with van der Waals surface area (Å²) in [7, 11) is -1.43. The van der Waals surface area contributed by atoms with Crippen molar-refractivity contribution in [1.29, 1.82) is 0 Å². The molecule has 0 fully saturated rings. The Labute approximate surface area is 98.9 Å². The van der Waals surface area contributed by atoms with Gasteiger partial charge in [-0.15, -0.1) is 0 Å². The van der Waals surface area contributed by atoms with E-state index in [-0.39, 0.29) is 5.43 Å². The number of pyridine rings is 1. The van der Waals surface area contributed by atoms with Crippen LogP contribution in [-0.2, 0) is 6.54 Å². The normalized spacial score (nSPS) is 10.2. The molecule has 2 aromatic rings. The molecule has 0 unspecified atom stereocenters. The molecular formula is C12H12BNO3. The Hall–Kier alpha value is -1.85. The fourth-order valence-electron chi connectivity index (χ4n) is 1.56. The van der Waals surface area contributed by atoms with Crippen molar-refractivity contribution < 1.29 is 10.0 Å². The number of nitrogens with zero attached hydrogens (tertiary/aromatic N) is 1. The maximum Gasteiger partial charge on any atom is 0.488 e. The molecule has 0 saturated carbocycles. The summed E-state index contributed by atoms with van der Waals surface area (Å²) >= 11 is 0. The fraction of sp³-hybridized carbons (Fsp3) is 0.0833. The van der Waals surface area contributed by atoms with Crippen molar-refractivity contribution in [2.45, 2.75) is 6.54 Å². The molecular weight excluding hydrogens is 217 g/mol. The minimum Gasteiger partial charge on any atom is -0.423 e. The van der Waals surface area contributed by atoms with E-state index >= 15 is 0 Å². The molecule has 2 N–H and O–H groups in total. The number of aromatic nitrogens is 1. The van der Waals surface area contributed by atoms with Crippen LogP contribution in [0.3, 0.4) is 0 Å². The van der Waals surface area contributed by atoms with Crippen LogP contribution in [0.5, 0.6) is 0 Å². The van der Waals surface area contributed by atoms with Gasteiger partial charge in [0.25, 0.3) is 0 Å². The molecule has 2 rings (SSSR count). The first-order valence-corrected chi connectivity index (χ1v) is 5.26. The highest BCUT2D eigenvalue weighted by Gasteiger charge is 2.09. The van der Waals surface area contributed by atoms with Crippen molar-refractivity contribution in [2.75, 3.05) is 0 Å². The Morgan fingerprint density at radius 1 is 1.00 bits per heavy atom. The van der Waals surface area contributed by atoms with Crippen LogP contribution in [0.2, 0.25) is 0 Å². The lowest BCUT2D eigenvalue weighted by Crippen LogP contribution is -2.29. The Balaban J connectivity index is 2.13. The van der Waals surface area contributed by atoms with E-state index in [0.29, 0.717) is 12.0 Å². The van der Waals surface area contributed by atoms with Crippen molar-refractivity contribution in [3.63, 3.8) is 0 Å². The van der Waals surface area contributed by atoms with E-state index in [4.69, 9.17) is 10.0 Å². The van der Waals surface area contributed by atoms with E-state index in [1.807, 2.05) is 16.7 Å². The molecule has 1 heterocycles. The number of benzene rings is 1. The molecule has 0 amide bonds. The maximum absolute atomic E-state index is 10.9. The largest absolute Gasteiger partial charge is 0.488 e. The van der Waals surface area contributed by atoms with Gasteiger partial charge in [0.1, 0.15) is 0 Å². The Morgan fingerprint density at radius 3 is 2.12 bits per heavy atom. The third-order valence-corrected chi connectivity index (χ3v) is 2.50. The molecule has 0 aliphatic heterocycles. The number of hydrogen-bond acceptors (Lipinski definition) is 3. The van der Waals surface area contributed by atoms with E-state index in [9.17, 15) is 4.79 Å². The van der Waals surface area contributed by atoms with Gasteiger partial charge < -0.3 is 14.6 Å². The van der Waals surface area contributed by atoms with Gasteiger partial charge in [-0.25, -0.2) is 0 Å². The monoisotopic (exact) mass is 229 g/mol. The lowest BCUT2D eigenvalue weighted by molar-refractivity contribution is 0.426. The lowest BCUT2D eigenvalue weighted by Gasteiger charge is -2.06. The molecule has 0 spiro atoms. The number of rotatable bonds is 3. The molecule has 1 aromatic carbocycles. The summed E-state index contributed by atoms with van der Waals surface area (Å²) in [6.07, 6.45) is 3.44. The smallest absolute Gasteiger partial charge is 0.423 e. The highest BCUT2D eigenvalue weighted by molar-refractivity contribution is 6.58. The summed E-state index contributed by atoms with van der Waals surface area (Å²) in [5.74, 6) is 0. The predicted octanol–water partition coefficient (Wildman–Crippen LogP) is -0.424. The molecule has 0 saturated heterocycles. The summed E-state index contributed by atoms with van der Waals surface area (Å²) in [4.78, 5) is 10.9. The van der Waals surface area contributed by atoms with Gasteiger partial charge in [0.05, 0.1) is 0 Å². The summed E-state index contributed by atoms with van der Waals surface area (Å²) in [5, 5.41) is 17.9. The minimum absolute atomic E-state index is 0.0139. The van der Waals surface area contributed by atoms with E-state index in [1.165, 1.54) is 12.1 Å². The molecule has 17 heavy (non-hydrogen) atoms. The number of hydrogen-bond donors (Lipinski definition) is 2. The average molecular weight is 229 g/mol. The first kappa shape index (κ1) is 11.6. The van der Waals surface area contributed by atoms with Crippen LogP contribution >= 0.6 is 0 Å². The van der Waals surface area contributed by atoms with E-state index < -0.39 is 7.12 Å².